The number of amides is 1. The van der Waals surface area contributed by atoms with Crippen molar-refractivity contribution in [3.63, 3.8) is 0 Å². The molecule has 1 aromatic rings. The van der Waals surface area contributed by atoms with Crippen LogP contribution >= 0.6 is 0 Å². The van der Waals surface area contributed by atoms with E-state index in [2.05, 4.69) is 42.7 Å². The lowest BCUT2D eigenvalue weighted by Gasteiger charge is -2.16. The van der Waals surface area contributed by atoms with Crippen LogP contribution in [0.15, 0.2) is 18.2 Å². The topological polar surface area (TPSA) is 64.6 Å². The molecule has 1 fully saturated rings. The second-order valence-corrected chi connectivity index (χ2v) is 5.60. The number of benzene rings is 1. The monoisotopic (exact) mass is 333 g/mol. The molecule has 2 rings (SSSR count). The van der Waals surface area contributed by atoms with Crippen LogP contribution < -0.4 is 35.9 Å². The number of hydrogen-bond acceptors (Lipinski definition) is 2. The summed E-state index contributed by atoms with van der Waals surface area (Å²) in [5.41, 5.74) is 7.71. The zero-order valence-electron chi connectivity index (χ0n) is 12.7. The van der Waals surface area contributed by atoms with Crippen LogP contribution in [-0.4, -0.2) is 36.5 Å². The van der Waals surface area contributed by atoms with Crippen molar-refractivity contribution in [2.75, 3.05) is 19.6 Å². The molecule has 0 aromatic heterocycles. The number of rotatable bonds is 4. The first kappa shape index (κ1) is 20.3. The van der Waals surface area contributed by atoms with E-state index in [1.165, 1.54) is 16.7 Å². The molecular formula is C15H25Cl2N3O. The first-order chi connectivity index (χ1) is 9.08. The van der Waals surface area contributed by atoms with E-state index in [0.717, 1.165) is 26.1 Å². The van der Waals surface area contributed by atoms with E-state index in [1.54, 1.807) is 0 Å². The highest BCUT2D eigenvalue weighted by molar-refractivity contribution is 5.66. The van der Waals surface area contributed by atoms with E-state index in [0.29, 0.717) is 12.6 Å². The molecule has 1 saturated heterocycles. The molecule has 21 heavy (non-hydrogen) atoms. The minimum absolute atomic E-state index is 0. The van der Waals surface area contributed by atoms with Crippen molar-refractivity contribution in [3.05, 3.63) is 34.9 Å². The van der Waals surface area contributed by atoms with Gasteiger partial charge in [-0.25, -0.2) is 4.79 Å². The van der Waals surface area contributed by atoms with Crippen molar-refractivity contribution in [2.24, 2.45) is 0 Å². The maximum absolute atomic E-state index is 11.4. The number of nitrogens with two attached hydrogens (primary N) is 1. The van der Waals surface area contributed by atoms with Gasteiger partial charge in [-0.2, -0.15) is 0 Å². The summed E-state index contributed by atoms with van der Waals surface area (Å²) in [5, 5.41) is 1.87. The van der Waals surface area contributed by atoms with Crippen LogP contribution in [0.5, 0.6) is 0 Å². The van der Waals surface area contributed by atoms with Gasteiger partial charge in [0.15, 0.2) is 6.54 Å². The lowest BCUT2D eigenvalue weighted by Crippen LogP contribution is -3.00. The molecule has 5 N–H and O–H groups in total. The van der Waals surface area contributed by atoms with Gasteiger partial charge in [0.25, 0.3) is 0 Å². The summed E-state index contributed by atoms with van der Waals surface area (Å²) in [6, 6.07) is 7.05. The molecule has 0 saturated carbocycles. The van der Waals surface area contributed by atoms with Crippen LogP contribution in [0.3, 0.4) is 0 Å². The van der Waals surface area contributed by atoms with Gasteiger partial charge >= 0.3 is 5.91 Å². The quantitative estimate of drug-likeness (QED) is 0.575. The Kier molecular flexibility index (Phi) is 9.09. The number of nitrogens with zero attached hydrogens (tertiary/aromatic N) is 1. The fourth-order valence-corrected chi connectivity index (χ4v) is 2.75. The molecule has 1 aliphatic rings. The Morgan fingerprint density at radius 2 is 2.10 bits per heavy atom. The van der Waals surface area contributed by atoms with Crippen molar-refractivity contribution in [3.8, 4) is 0 Å². The van der Waals surface area contributed by atoms with Gasteiger partial charge in [-0.1, -0.05) is 23.8 Å². The van der Waals surface area contributed by atoms with E-state index >= 15 is 0 Å². The minimum Gasteiger partial charge on any atom is -1.00 e. The van der Waals surface area contributed by atoms with Gasteiger partial charge in [-0.05, 0) is 25.0 Å². The molecule has 1 atom stereocenters. The van der Waals surface area contributed by atoms with Gasteiger partial charge in [0.2, 0.25) is 0 Å². The predicted octanol–water partition coefficient (Wildman–Crippen LogP) is -6.78. The van der Waals surface area contributed by atoms with Crippen molar-refractivity contribution < 1.29 is 40.7 Å². The SMILES string of the molecule is Cc1ccc(CN2CC[C@@H]([NH2+]C(=O)C[NH3+])C2)c(C)c1.[Cl-].[Cl-]. The molecule has 120 valence electrons. The number of halogens is 2. The van der Waals surface area contributed by atoms with Gasteiger partial charge in [0.05, 0.1) is 6.54 Å². The fraction of sp³-hybridized carbons (Fsp3) is 0.533. The molecule has 1 aliphatic heterocycles. The zero-order valence-corrected chi connectivity index (χ0v) is 14.3. The molecule has 4 nitrogen and oxygen atoms in total. The summed E-state index contributed by atoms with van der Waals surface area (Å²) in [4.78, 5) is 13.8. The largest absolute Gasteiger partial charge is 1.00 e. The van der Waals surface area contributed by atoms with Crippen molar-refractivity contribution in [2.45, 2.75) is 32.9 Å². The Labute approximate surface area is 139 Å². The number of carbonyl (C=O) groups excluding carboxylic acids is 1. The molecule has 0 aliphatic carbocycles. The summed E-state index contributed by atoms with van der Waals surface area (Å²) >= 11 is 0. The summed E-state index contributed by atoms with van der Waals surface area (Å²) in [6.45, 7) is 7.76. The zero-order chi connectivity index (χ0) is 13.8. The molecule has 0 unspecified atom stereocenters. The number of quaternary nitrogens is 2. The highest BCUT2D eigenvalue weighted by Crippen LogP contribution is 2.16. The van der Waals surface area contributed by atoms with Gasteiger partial charge in [0, 0.05) is 19.5 Å². The van der Waals surface area contributed by atoms with E-state index in [-0.39, 0.29) is 30.7 Å². The maximum Gasteiger partial charge on any atom is 0.365 e. The first-order valence-corrected chi connectivity index (χ1v) is 7.04. The molecule has 6 heteroatoms. The number of hydrogen-bond donors (Lipinski definition) is 2. The first-order valence-electron chi connectivity index (χ1n) is 7.04. The Morgan fingerprint density at radius 1 is 1.38 bits per heavy atom. The second-order valence-electron chi connectivity index (χ2n) is 5.60. The van der Waals surface area contributed by atoms with Crippen LogP contribution in [-0.2, 0) is 11.3 Å². The molecule has 0 bridgehead atoms. The van der Waals surface area contributed by atoms with Crippen molar-refractivity contribution in [1.29, 1.82) is 0 Å². The molecule has 1 aromatic carbocycles. The molecule has 1 amide bonds. The minimum atomic E-state index is 0. The fourth-order valence-electron chi connectivity index (χ4n) is 2.75. The standard InChI is InChI=1S/C15H23N3O.2ClH/c1-11-3-4-13(12(2)7-11)9-18-6-5-14(10-18)17-15(19)8-16;;/h3-4,7,14H,5-6,8-10,16H2,1-2H3,(H,17,19);2*1H/t14-;;/m1../s1. The maximum atomic E-state index is 11.4. The van der Waals surface area contributed by atoms with Gasteiger partial charge in [-0.15, -0.1) is 0 Å². The number of carbonyl (C=O) groups is 1. The van der Waals surface area contributed by atoms with E-state index in [4.69, 9.17) is 0 Å². The average Bonchev–Trinajstić information content (AvgIpc) is 2.80. The lowest BCUT2D eigenvalue weighted by molar-refractivity contribution is -0.611. The summed E-state index contributed by atoms with van der Waals surface area (Å²) in [7, 11) is 0. The van der Waals surface area contributed by atoms with E-state index in [1.807, 2.05) is 5.32 Å². The van der Waals surface area contributed by atoms with Gasteiger partial charge in [-0.3, -0.25) is 10.2 Å². The Hall–Kier alpha value is -0.650. The summed E-state index contributed by atoms with van der Waals surface area (Å²) < 4.78 is 0. The Balaban J connectivity index is 0.00000200. The van der Waals surface area contributed by atoms with E-state index < -0.39 is 0 Å². The highest BCUT2D eigenvalue weighted by Gasteiger charge is 2.27. The van der Waals surface area contributed by atoms with E-state index in [9.17, 15) is 4.79 Å². The third-order valence-corrected chi connectivity index (χ3v) is 3.87. The lowest BCUT2D eigenvalue weighted by atomic mass is 10.1. The van der Waals surface area contributed by atoms with Gasteiger partial charge in [0.1, 0.15) is 6.04 Å². The number of likely N-dealkylation sites (tertiary alicyclic amines) is 1. The van der Waals surface area contributed by atoms with Gasteiger partial charge < -0.3 is 30.5 Å². The molecule has 1 heterocycles. The normalized spacial score (nSPS) is 18.0. The number of aryl methyl sites for hydroxylation is 2. The third-order valence-electron chi connectivity index (χ3n) is 3.87. The van der Waals surface area contributed by atoms with Crippen LogP contribution in [0.2, 0.25) is 0 Å². The molecule has 0 spiro atoms. The summed E-state index contributed by atoms with van der Waals surface area (Å²) in [6.07, 6.45) is 1.09. The van der Waals surface area contributed by atoms with Crippen LogP contribution in [0.4, 0.5) is 0 Å². The molecular weight excluding hydrogens is 309 g/mol. The van der Waals surface area contributed by atoms with Crippen LogP contribution in [0.1, 0.15) is 23.1 Å². The Morgan fingerprint density at radius 3 is 2.71 bits per heavy atom. The van der Waals surface area contributed by atoms with Crippen LogP contribution in [0, 0.1) is 13.8 Å². The molecule has 0 radical (unpaired) electrons. The highest BCUT2D eigenvalue weighted by atomic mass is 35.5. The van der Waals surface area contributed by atoms with Crippen LogP contribution in [0.25, 0.3) is 0 Å². The Bertz CT molecular complexity index is 468. The summed E-state index contributed by atoms with van der Waals surface area (Å²) in [5.74, 6) is 0.179. The van der Waals surface area contributed by atoms with Crippen molar-refractivity contribution >= 4 is 5.91 Å². The predicted molar refractivity (Wildman–Crippen MR) is 74.3 cm³/mol. The third kappa shape index (κ3) is 5.93. The average molecular weight is 334 g/mol. The second kappa shape index (κ2) is 9.38. The smallest absolute Gasteiger partial charge is 0.365 e. The number of primary amides is 1. The van der Waals surface area contributed by atoms with Crippen molar-refractivity contribution in [1.82, 2.24) is 4.90 Å².